The van der Waals surface area contributed by atoms with Gasteiger partial charge in [-0.2, -0.15) is 8.42 Å². The van der Waals surface area contributed by atoms with Crippen LogP contribution >= 0.6 is 0 Å². The molecule has 6 N–H and O–H groups in total. The summed E-state index contributed by atoms with van der Waals surface area (Å²) in [6.07, 6.45) is 2.79. The SMILES string of the molecule is N.O=S(=O)(O)O.O=c1ccnc[nH]1. The van der Waals surface area contributed by atoms with Gasteiger partial charge in [-0.3, -0.25) is 13.9 Å². The van der Waals surface area contributed by atoms with E-state index in [1.54, 1.807) is 0 Å². The molecule has 0 bridgehead atoms. The molecule has 1 rings (SSSR count). The monoisotopic (exact) mass is 211 g/mol. The van der Waals surface area contributed by atoms with E-state index in [1.807, 2.05) is 0 Å². The predicted octanol–water partition coefficient (Wildman–Crippen LogP) is -0.721. The Morgan fingerprint density at radius 3 is 2.00 bits per heavy atom. The highest BCUT2D eigenvalue weighted by Crippen LogP contribution is 1.59. The molecule has 1 heterocycles. The number of hydrogen-bond donors (Lipinski definition) is 4. The van der Waals surface area contributed by atoms with Crippen LogP contribution in [0.1, 0.15) is 0 Å². The third-order valence-electron chi connectivity index (χ3n) is 0.593. The van der Waals surface area contributed by atoms with E-state index in [2.05, 4.69) is 9.97 Å². The zero-order chi connectivity index (χ0) is 9.61. The van der Waals surface area contributed by atoms with Gasteiger partial charge in [0.1, 0.15) is 0 Å². The average molecular weight is 211 g/mol. The zero-order valence-corrected chi connectivity index (χ0v) is 7.23. The topological polar surface area (TPSA) is 155 Å². The van der Waals surface area contributed by atoms with Gasteiger partial charge in [-0.15, -0.1) is 0 Å². The molecule has 0 aliphatic heterocycles. The normalized spacial score (nSPS) is 9.08. The second-order valence-corrected chi connectivity index (χ2v) is 2.45. The van der Waals surface area contributed by atoms with Crippen molar-refractivity contribution in [3.8, 4) is 0 Å². The standard InChI is InChI=1S/C4H4N2O.H3N.H2O4S/c7-4-1-2-5-3-6-4;;1-5(2,3)4/h1-3H,(H,5,6,7);1H3;(H2,1,2,3,4). The van der Waals surface area contributed by atoms with E-state index in [0.29, 0.717) is 0 Å². The van der Waals surface area contributed by atoms with Gasteiger partial charge in [0, 0.05) is 12.3 Å². The van der Waals surface area contributed by atoms with Crippen LogP contribution in [0.15, 0.2) is 23.4 Å². The molecule has 0 saturated carbocycles. The highest BCUT2D eigenvalue weighted by atomic mass is 32.3. The minimum atomic E-state index is -4.67. The molecule has 0 spiro atoms. The fourth-order valence-corrected chi connectivity index (χ4v) is 0.303. The van der Waals surface area contributed by atoms with Crippen molar-refractivity contribution in [2.45, 2.75) is 0 Å². The molecule has 0 amide bonds. The molecule has 76 valence electrons. The van der Waals surface area contributed by atoms with Crippen LogP contribution in [0, 0.1) is 0 Å². The molecular weight excluding hydrogens is 202 g/mol. The van der Waals surface area contributed by atoms with E-state index >= 15 is 0 Å². The first kappa shape index (κ1) is 14.2. The fraction of sp³-hybridized carbons (Fsp3) is 0. The summed E-state index contributed by atoms with van der Waals surface area (Å²) in [6, 6.07) is 1.36. The Morgan fingerprint density at radius 2 is 1.85 bits per heavy atom. The number of hydrogen-bond acceptors (Lipinski definition) is 5. The number of H-pyrrole nitrogens is 1. The van der Waals surface area contributed by atoms with Crippen molar-refractivity contribution in [1.82, 2.24) is 16.1 Å². The summed E-state index contributed by atoms with van der Waals surface area (Å²) in [5, 5.41) is 0. The van der Waals surface area contributed by atoms with Crippen LogP contribution in [-0.4, -0.2) is 27.5 Å². The van der Waals surface area contributed by atoms with E-state index in [0.717, 1.165) is 0 Å². The van der Waals surface area contributed by atoms with Crippen LogP contribution in [0.3, 0.4) is 0 Å². The highest BCUT2D eigenvalue weighted by molar-refractivity contribution is 7.79. The Morgan fingerprint density at radius 1 is 1.38 bits per heavy atom. The van der Waals surface area contributed by atoms with Crippen LogP contribution in [0.4, 0.5) is 0 Å². The summed E-state index contributed by atoms with van der Waals surface area (Å²) >= 11 is 0. The quantitative estimate of drug-likeness (QED) is 0.412. The number of aromatic nitrogens is 2. The number of nitrogens with one attached hydrogen (secondary N) is 1. The van der Waals surface area contributed by atoms with Crippen LogP contribution < -0.4 is 11.7 Å². The second kappa shape index (κ2) is 6.25. The maximum absolute atomic E-state index is 10.2. The molecule has 0 unspecified atom stereocenters. The summed E-state index contributed by atoms with van der Waals surface area (Å²) in [5.41, 5.74) is -0.116. The summed E-state index contributed by atoms with van der Waals surface area (Å²) in [5.74, 6) is 0. The maximum Gasteiger partial charge on any atom is 0.394 e. The number of nitrogens with zero attached hydrogens (tertiary/aromatic N) is 1. The van der Waals surface area contributed by atoms with Crippen molar-refractivity contribution < 1.29 is 17.5 Å². The predicted molar refractivity (Wildman–Crippen MR) is 44.1 cm³/mol. The van der Waals surface area contributed by atoms with Gasteiger partial charge in [-0.25, -0.2) is 4.98 Å². The lowest BCUT2D eigenvalue weighted by atomic mass is 10.7. The lowest BCUT2D eigenvalue weighted by Crippen LogP contribution is -2.00. The maximum atomic E-state index is 10.2. The lowest BCUT2D eigenvalue weighted by molar-refractivity contribution is 0.381. The molecule has 0 aliphatic rings. The fourth-order valence-electron chi connectivity index (χ4n) is 0.303. The third kappa shape index (κ3) is 18.0. The van der Waals surface area contributed by atoms with Gasteiger partial charge in [-0.05, 0) is 0 Å². The average Bonchev–Trinajstić information content (AvgIpc) is 1.85. The van der Waals surface area contributed by atoms with Crippen LogP contribution in [0.5, 0.6) is 0 Å². The van der Waals surface area contributed by atoms with Crippen molar-refractivity contribution in [3.05, 3.63) is 28.9 Å². The Kier molecular flexibility index (Phi) is 6.85. The van der Waals surface area contributed by atoms with Gasteiger partial charge in [-0.1, -0.05) is 0 Å². The smallest absolute Gasteiger partial charge is 0.344 e. The zero-order valence-electron chi connectivity index (χ0n) is 6.41. The van der Waals surface area contributed by atoms with E-state index < -0.39 is 10.4 Å². The molecule has 0 aliphatic carbocycles. The van der Waals surface area contributed by atoms with E-state index in [9.17, 15) is 4.79 Å². The summed E-state index contributed by atoms with van der Waals surface area (Å²) in [6.45, 7) is 0. The second-order valence-electron chi connectivity index (χ2n) is 1.55. The Labute approximate surface area is 73.8 Å². The minimum Gasteiger partial charge on any atom is -0.344 e. The molecule has 0 radical (unpaired) electrons. The van der Waals surface area contributed by atoms with Crippen molar-refractivity contribution in [3.63, 3.8) is 0 Å². The molecular formula is C4H9N3O5S. The van der Waals surface area contributed by atoms with Gasteiger partial charge in [0.2, 0.25) is 0 Å². The van der Waals surface area contributed by atoms with Gasteiger partial charge in [0.05, 0.1) is 6.33 Å². The largest absolute Gasteiger partial charge is 0.394 e. The number of aromatic amines is 1. The first-order valence-electron chi connectivity index (χ1n) is 2.58. The molecule has 8 nitrogen and oxygen atoms in total. The van der Waals surface area contributed by atoms with Crippen molar-refractivity contribution in [2.75, 3.05) is 0 Å². The lowest BCUT2D eigenvalue weighted by Gasteiger charge is -1.73. The summed E-state index contributed by atoms with van der Waals surface area (Å²) in [7, 11) is -4.67. The van der Waals surface area contributed by atoms with Crippen LogP contribution in [0.2, 0.25) is 0 Å². The van der Waals surface area contributed by atoms with E-state index in [-0.39, 0.29) is 11.7 Å². The van der Waals surface area contributed by atoms with Crippen molar-refractivity contribution in [1.29, 1.82) is 0 Å². The van der Waals surface area contributed by atoms with Gasteiger partial charge in [0.25, 0.3) is 5.56 Å². The van der Waals surface area contributed by atoms with E-state index in [4.69, 9.17) is 17.5 Å². The van der Waals surface area contributed by atoms with Gasteiger partial charge >= 0.3 is 10.4 Å². The first-order chi connectivity index (χ1) is 5.39. The molecule has 0 atom stereocenters. The molecule has 0 saturated heterocycles. The Bertz CT molecular complexity index is 346. The Hall–Kier alpha value is -1.29. The van der Waals surface area contributed by atoms with Gasteiger partial charge in [0.15, 0.2) is 0 Å². The van der Waals surface area contributed by atoms with Crippen LogP contribution in [0.25, 0.3) is 0 Å². The molecule has 9 heteroatoms. The minimum absolute atomic E-state index is 0. The summed E-state index contributed by atoms with van der Waals surface area (Å²) < 4.78 is 31.6. The van der Waals surface area contributed by atoms with Crippen molar-refractivity contribution in [2.24, 2.45) is 0 Å². The summed E-state index contributed by atoms with van der Waals surface area (Å²) in [4.78, 5) is 16.1. The molecule has 1 aromatic rings. The van der Waals surface area contributed by atoms with Crippen LogP contribution in [-0.2, 0) is 10.4 Å². The molecule has 13 heavy (non-hydrogen) atoms. The first-order valence-corrected chi connectivity index (χ1v) is 3.98. The molecule has 0 fully saturated rings. The Balaban J connectivity index is 0. The molecule has 1 aromatic heterocycles. The van der Waals surface area contributed by atoms with Crippen molar-refractivity contribution >= 4 is 10.4 Å². The molecule has 0 aromatic carbocycles. The van der Waals surface area contributed by atoms with E-state index in [1.165, 1.54) is 18.6 Å². The highest BCUT2D eigenvalue weighted by Gasteiger charge is 1.84. The van der Waals surface area contributed by atoms with Gasteiger partial charge < -0.3 is 11.1 Å². The third-order valence-corrected chi connectivity index (χ3v) is 0.593. The number of rotatable bonds is 0.